The molecule has 26 heavy (non-hydrogen) atoms. The molecule has 7 heteroatoms. The highest BCUT2D eigenvalue weighted by molar-refractivity contribution is 7.21. The summed E-state index contributed by atoms with van der Waals surface area (Å²) in [5.74, 6) is -0.313. The van der Waals surface area contributed by atoms with E-state index >= 15 is 0 Å². The van der Waals surface area contributed by atoms with Crippen LogP contribution >= 0.6 is 22.9 Å². The molecule has 1 amide bonds. The zero-order valence-electron chi connectivity index (χ0n) is 14.0. The SMILES string of the molecule is CCOC(=O)c1sc2cc(Cl)ccc2c1COc1ccc(C(N)=O)cc1. The number of nitrogens with two attached hydrogens (primary N) is 1. The molecular weight excluding hydrogens is 374 g/mol. The van der Waals surface area contributed by atoms with Crippen LogP contribution in [0.1, 0.15) is 32.5 Å². The van der Waals surface area contributed by atoms with E-state index in [9.17, 15) is 9.59 Å². The van der Waals surface area contributed by atoms with E-state index < -0.39 is 5.91 Å². The third-order valence-electron chi connectivity index (χ3n) is 3.74. The molecule has 0 aliphatic rings. The Hall–Kier alpha value is -2.57. The van der Waals surface area contributed by atoms with E-state index in [1.54, 1.807) is 37.3 Å². The monoisotopic (exact) mass is 389 g/mol. The van der Waals surface area contributed by atoms with Crippen molar-refractivity contribution in [2.24, 2.45) is 5.73 Å². The molecule has 1 aromatic heterocycles. The van der Waals surface area contributed by atoms with E-state index in [1.807, 2.05) is 12.1 Å². The van der Waals surface area contributed by atoms with Gasteiger partial charge in [-0.2, -0.15) is 0 Å². The van der Waals surface area contributed by atoms with Crippen LogP contribution in [-0.2, 0) is 11.3 Å². The number of carbonyl (C=O) groups excluding carboxylic acids is 2. The largest absolute Gasteiger partial charge is 0.489 e. The van der Waals surface area contributed by atoms with Gasteiger partial charge in [-0.15, -0.1) is 11.3 Å². The number of hydrogen-bond donors (Lipinski definition) is 1. The van der Waals surface area contributed by atoms with Gasteiger partial charge in [0.05, 0.1) is 6.61 Å². The Morgan fingerprint density at radius 1 is 1.15 bits per heavy atom. The minimum Gasteiger partial charge on any atom is -0.489 e. The van der Waals surface area contributed by atoms with E-state index in [4.69, 9.17) is 26.8 Å². The fraction of sp³-hybridized carbons (Fsp3) is 0.158. The second-order valence-electron chi connectivity index (χ2n) is 5.45. The summed E-state index contributed by atoms with van der Waals surface area (Å²) in [4.78, 5) is 23.9. The highest BCUT2D eigenvalue weighted by Crippen LogP contribution is 2.34. The number of carbonyl (C=O) groups is 2. The zero-order valence-corrected chi connectivity index (χ0v) is 15.5. The first-order valence-electron chi connectivity index (χ1n) is 7.90. The summed E-state index contributed by atoms with van der Waals surface area (Å²) in [6.45, 7) is 2.24. The molecule has 0 radical (unpaired) electrons. The molecule has 0 atom stereocenters. The number of hydrogen-bond acceptors (Lipinski definition) is 5. The number of fused-ring (bicyclic) bond motifs is 1. The third-order valence-corrected chi connectivity index (χ3v) is 5.15. The average molecular weight is 390 g/mol. The number of esters is 1. The van der Waals surface area contributed by atoms with Gasteiger partial charge in [0.1, 0.15) is 17.2 Å². The van der Waals surface area contributed by atoms with Gasteiger partial charge in [-0.05, 0) is 43.3 Å². The van der Waals surface area contributed by atoms with Gasteiger partial charge in [-0.3, -0.25) is 4.79 Å². The minimum atomic E-state index is -0.498. The normalized spacial score (nSPS) is 10.7. The molecule has 2 aromatic carbocycles. The van der Waals surface area contributed by atoms with Crippen LogP contribution in [-0.4, -0.2) is 18.5 Å². The maximum Gasteiger partial charge on any atom is 0.348 e. The van der Waals surface area contributed by atoms with Crippen LogP contribution in [0.4, 0.5) is 0 Å². The summed E-state index contributed by atoms with van der Waals surface area (Å²) in [6.07, 6.45) is 0. The van der Waals surface area contributed by atoms with Crippen LogP contribution in [0.25, 0.3) is 10.1 Å². The lowest BCUT2D eigenvalue weighted by atomic mass is 10.1. The molecule has 0 saturated carbocycles. The Morgan fingerprint density at radius 2 is 1.88 bits per heavy atom. The first kappa shape index (κ1) is 18.2. The van der Waals surface area contributed by atoms with Gasteiger partial charge in [0.15, 0.2) is 0 Å². The van der Waals surface area contributed by atoms with E-state index in [-0.39, 0.29) is 12.6 Å². The quantitative estimate of drug-likeness (QED) is 0.633. The lowest BCUT2D eigenvalue weighted by Gasteiger charge is -2.08. The van der Waals surface area contributed by atoms with Gasteiger partial charge in [-0.25, -0.2) is 4.79 Å². The van der Waals surface area contributed by atoms with Crippen LogP contribution in [0.2, 0.25) is 5.02 Å². The number of benzene rings is 2. The molecule has 0 fully saturated rings. The van der Waals surface area contributed by atoms with Gasteiger partial charge in [0.2, 0.25) is 5.91 Å². The Balaban J connectivity index is 1.91. The molecular formula is C19H16ClNO4S. The highest BCUT2D eigenvalue weighted by atomic mass is 35.5. The Kier molecular flexibility index (Phi) is 5.44. The summed E-state index contributed by atoms with van der Waals surface area (Å²) >= 11 is 7.38. The summed E-state index contributed by atoms with van der Waals surface area (Å²) in [5.41, 5.74) is 6.38. The molecule has 0 aliphatic carbocycles. The van der Waals surface area contributed by atoms with E-state index in [1.165, 1.54) is 11.3 Å². The van der Waals surface area contributed by atoms with Gasteiger partial charge >= 0.3 is 5.97 Å². The molecule has 2 N–H and O–H groups in total. The Bertz CT molecular complexity index is 966. The van der Waals surface area contributed by atoms with Crippen LogP contribution in [0, 0.1) is 0 Å². The maximum absolute atomic E-state index is 12.3. The smallest absolute Gasteiger partial charge is 0.348 e. The van der Waals surface area contributed by atoms with Crippen molar-refractivity contribution < 1.29 is 19.1 Å². The number of primary amides is 1. The predicted octanol–water partition coefficient (Wildman–Crippen LogP) is 4.41. The molecule has 0 saturated heterocycles. The van der Waals surface area contributed by atoms with Crippen molar-refractivity contribution >= 4 is 44.9 Å². The summed E-state index contributed by atoms with van der Waals surface area (Å²) in [5, 5.41) is 1.50. The first-order valence-corrected chi connectivity index (χ1v) is 9.09. The van der Waals surface area contributed by atoms with E-state index in [2.05, 4.69) is 0 Å². The van der Waals surface area contributed by atoms with E-state index in [0.29, 0.717) is 27.8 Å². The summed E-state index contributed by atoms with van der Waals surface area (Å²) in [6, 6.07) is 12.0. The van der Waals surface area contributed by atoms with Crippen molar-refractivity contribution in [2.45, 2.75) is 13.5 Å². The summed E-state index contributed by atoms with van der Waals surface area (Å²) in [7, 11) is 0. The second kappa shape index (κ2) is 7.76. The standard InChI is InChI=1S/C19H16ClNO4S/c1-2-24-19(23)17-15(14-8-5-12(20)9-16(14)26-17)10-25-13-6-3-11(4-7-13)18(21)22/h3-9H,2,10H2,1H3,(H2,21,22). The Morgan fingerprint density at radius 3 is 2.54 bits per heavy atom. The molecule has 3 rings (SSSR count). The first-order chi connectivity index (χ1) is 12.5. The van der Waals surface area contributed by atoms with Crippen molar-refractivity contribution in [3.63, 3.8) is 0 Å². The van der Waals surface area contributed by atoms with Crippen molar-refractivity contribution in [2.75, 3.05) is 6.61 Å². The highest BCUT2D eigenvalue weighted by Gasteiger charge is 2.20. The van der Waals surface area contributed by atoms with Gasteiger partial charge in [0.25, 0.3) is 0 Å². The van der Waals surface area contributed by atoms with Gasteiger partial charge < -0.3 is 15.2 Å². The van der Waals surface area contributed by atoms with Crippen LogP contribution in [0.3, 0.4) is 0 Å². The lowest BCUT2D eigenvalue weighted by molar-refractivity contribution is 0.0529. The van der Waals surface area contributed by atoms with Crippen molar-refractivity contribution in [1.29, 1.82) is 0 Å². The average Bonchev–Trinajstić information content (AvgIpc) is 2.98. The molecule has 0 spiro atoms. The van der Waals surface area contributed by atoms with Crippen LogP contribution < -0.4 is 10.5 Å². The number of halogens is 1. The van der Waals surface area contributed by atoms with Crippen molar-refractivity contribution in [3.05, 3.63) is 63.5 Å². The van der Waals surface area contributed by atoms with Gasteiger partial charge in [0, 0.05) is 26.2 Å². The molecule has 0 unspecified atom stereocenters. The Labute approximate surface area is 159 Å². The number of amides is 1. The zero-order chi connectivity index (χ0) is 18.7. The molecule has 0 bridgehead atoms. The second-order valence-corrected chi connectivity index (χ2v) is 6.94. The van der Waals surface area contributed by atoms with Crippen molar-refractivity contribution in [1.82, 2.24) is 0 Å². The van der Waals surface area contributed by atoms with Crippen LogP contribution in [0.5, 0.6) is 5.75 Å². The number of thiophene rings is 1. The fourth-order valence-electron chi connectivity index (χ4n) is 2.50. The molecule has 3 aromatic rings. The predicted molar refractivity (Wildman–Crippen MR) is 102 cm³/mol. The molecule has 1 heterocycles. The number of rotatable bonds is 6. The molecule has 0 aliphatic heterocycles. The number of ether oxygens (including phenoxy) is 2. The minimum absolute atomic E-state index is 0.186. The molecule has 134 valence electrons. The van der Waals surface area contributed by atoms with Crippen LogP contribution in [0.15, 0.2) is 42.5 Å². The summed E-state index contributed by atoms with van der Waals surface area (Å²) < 4.78 is 11.9. The topological polar surface area (TPSA) is 78.6 Å². The fourth-order valence-corrected chi connectivity index (χ4v) is 3.88. The lowest BCUT2D eigenvalue weighted by Crippen LogP contribution is -2.10. The van der Waals surface area contributed by atoms with E-state index in [0.717, 1.165) is 15.6 Å². The maximum atomic E-state index is 12.3. The molecule has 5 nitrogen and oxygen atoms in total. The van der Waals surface area contributed by atoms with Crippen molar-refractivity contribution in [3.8, 4) is 5.75 Å². The third kappa shape index (κ3) is 3.81. The van der Waals surface area contributed by atoms with Gasteiger partial charge in [-0.1, -0.05) is 17.7 Å².